The van der Waals surface area contributed by atoms with Gasteiger partial charge < -0.3 is 29.6 Å². The number of nitrogens with two attached hydrogens (primary N) is 1. The van der Waals surface area contributed by atoms with Gasteiger partial charge in [-0.2, -0.15) is 4.39 Å². The fraction of sp³-hybridized carbons (Fsp3) is 0.170. The van der Waals surface area contributed by atoms with Crippen LogP contribution in [-0.2, 0) is 0 Å². The first-order valence-corrected chi connectivity index (χ1v) is 19.7. The van der Waals surface area contributed by atoms with Crippen molar-refractivity contribution in [1.29, 1.82) is 0 Å². The van der Waals surface area contributed by atoms with Gasteiger partial charge in [0.25, 0.3) is 5.69 Å². The highest BCUT2D eigenvalue weighted by Gasteiger charge is 2.22. The molecule has 0 amide bonds. The molecule has 0 aliphatic rings. The van der Waals surface area contributed by atoms with Crippen molar-refractivity contribution in [2.45, 2.75) is 52.6 Å². The number of oxazole rings is 3. The summed E-state index contributed by atoms with van der Waals surface area (Å²) >= 11 is 0. The molecular weight excluding hydrogens is 808 g/mol. The van der Waals surface area contributed by atoms with Gasteiger partial charge in [0.15, 0.2) is 16.7 Å². The number of para-hydroxylation sites is 6. The smallest absolute Gasteiger partial charge is 0.305 e. The van der Waals surface area contributed by atoms with E-state index in [-0.39, 0.29) is 22.7 Å². The third-order valence-electron chi connectivity index (χ3n) is 9.03. The molecule has 0 aliphatic heterocycles. The average molecular weight is 851 g/mol. The Morgan fingerprint density at radius 1 is 0.524 bits per heavy atom. The molecule has 16 heteroatoms. The average Bonchev–Trinajstić information content (AvgIpc) is 3.98. The van der Waals surface area contributed by atoms with Crippen LogP contribution in [0.15, 0.2) is 141 Å². The zero-order valence-electron chi connectivity index (χ0n) is 35.2. The summed E-state index contributed by atoms with van der Waals surface area (Å²) in [6.07, 6.45) is 0. The highest BCUT2D eigenvalue weighted by atomic mass is 19.1. The van der Waals surface area contributed by atoms with Crippen molar-refractivity contribution < 1.29 is 27.5 Å². The topological polar surface area (TPSA) is 214 Å². The Balaban J connectivity index is 0.000000142. The summed E-state index contributed by atoms with van der Waals surface area (Å²) in [7, 11) is 0. The van der Waals surface area contributed by atoms with Crippen molar-refractivity contribution in [2.24, 2.45) is 0 Å². The van der Waals surface area contributed by atoms with Gasteiger partial charge in [-0.1, -0.05) is 36.4 Å². The molecule has 15 nitrogen and oxygen atoms in total. The quantitative estimate of drug-likeness (QED) is 0.0774. The van der Waals surface area contributed by atoms with Crippen LogP contribution in [0.1, 0.15) is 41.5 Å². The van der Waals surface area contributed by atoms with Gasteiger partial charge in [-0.15, -0.1) is 0 Å². The molecule has 6 aromatic carbocycles. The van der Waals surface area contributed by atoms with E-state index in [0.29, 0.717) is 51.0 Å². The molecule has 0 unspecified atom stereocenters. The zero-order valence-corrected chi connectivity index (χ0v) is 35.2. The largest absolute Gasteiger partial charge is 0.436 e. The normalized spacial score (nSPS) is 11.4. The minimum atomic E-state index is -0.884. The number of hydrogen-bond donors (Lipinski definition) is 3. The molecule has 63 heavy (non-hydrogen) atoms. The Kier molecular flexibility index (Phi) is 11.9. The maximum absolute atomic E-state index is 13.2. The van der Waals surface area contributed by atoms with Crippen molar-refractivity contribution >= 4 is 61.7 Å². The van der Waals surface area contributed by atoms with Crippen molar-refractivity contribution in [3.63, 3.8) is 0 Å². The molecule has 3 aromatic heterocycles. The first kappa shape index (κ1) is 43.0. The maximum Gasteiger partial charge on any atom is 0.305 e. The van der Waals surface area contributed by atoms with E-state index in [4.69, 9.17) is 19.0 Å². The minimum absolute atomic E-state index is 0.000295. The predicted octanol–water partition coefficient (Wildman–Crippen LogP) is 12.4. The number of rotatable bonds is 7. The fourth-order valence-corrected chi connectivity index (χ4v) is 6.31. The summed E-state index contributed by atoms with van der Waals surface area (Å²) in [6.45, 7) is 12.1. The van der Waals surface area contributed by atoms with E-state index in [0.717, 1.165) is 40.0 Å². The predicted molar refractivity (Wildman–Crippen MR) is 243 cm³/mol. The molecule has 4 N–H and O–H groups in total. The minimum Gasteiger partial charge on any atom is -0.436 e. The molecule has 0 saturated carbocycles. The second-order valence-electron chi connectivity index (χ2n) is 16.4. The second kappa shape index (κ2) is 17.5. The second-order valence-corrected chi connectivity index (χ2v) is 16.4. The number of benzene rings is 6. The van der Waals surface area contributed by atoms with Gasteiger partial charge in [-0.3, -0.25) is 20.2 Å². The van der Waals surface area contributed by atoms with Crippen LogP contribution in [0.25, 0.3) is 67.7 Å². The van der Waals surface area contributed by atoms with Gasteiger partial charge in [-0.05, 0) is 120 Å². The third kappa shape index (κ3) is 10.4. The van der Waals surface area contributed by atoms with Gasteiger partial charge in [0.05, 0.1) is 21.2 Å². The molecule has 0 saturated heterocycles. The number of halogens is 1. The lowest BCUT2D eigenvalue weighted by Gasteiger charge is -2.23. The third-order valence-corrected chi connectivity index (χ3v) is 9.03. The molecule has 0 aliphatic carbocycles. The molecule has 320 valence electrons. The summed E-state index contributed by atoms with van der Waals surface area (Å²) < 4.78 is 30.2. The van der Waals surface area contributed by atoms with E-state index in [1.807, 2.05) is 93.6 Å². The Labute approximate surface area is 360 Å². The van der Waals surface area contributed by atoms with Crippen LogP contribution >= 0.6 is 0 Å². The van der Waals surface area contributed by atoms with E-state index in [1.54, 1.807) is 30.3 Å². The SMILES string of the molecule is CC(C)(C)Nc1ccc(-c2nc3ccccc3o2)cc1N.CC(C)(C)Nc1ccc(-c2nc3ccccc3o2)cc1[N+](=O)[O-].O=[N+]([O-])c1cc(-c2nc3ccccc3o2)ccc1F. The number of nitrogens with one attached hydrogen (secondary N) is 2. The molecule has 9 rings (SSSR count). The summed E-state index contributed by atoms with van der Waals surface area (Å²) in [5, 5.41) is 28.6. The van der Waals surface area contributed by atoms with Crippen LogP contribution in [0.2, 0.25) is 0 Å². The molecule has 0 fully saturated rings. The lowest BCUT2D eigenvalue weighted by Crippen LogP contribution is -2.26. The van der Waals surface area contributed by atoms with Crippen LogP contribution in [0.3, 0.4) is 0 Å². The van der Waals surface area contributed by atoms with E-state index in [1.165, 1.54) is 12.1 Å². The highest BCUT2D eigenvalue weighted by molar-refractivity contribution is 5.80. The van der Waals surface area contributed by atoms with Crippen LogP contribution in [0, 0.1) is 26.0 Å². The van der Waals surface area contributed by atoms with Crippen LogP contribution < -0.4 is 16.4 Å². The number of anilines is 3. The van der Waals surface area contributed by atoms with Crippen LogP contribution in [0.4, 0.5) is 32.8 Å². The number of nitrogens with zero attached hydrogens (tertiary/aromatic N) is 5. The highest BCUT2D eigenvalue weighted by Crippen LogP contribution is 2.34. The Morgan fingerprint density at radius 3 is 1.29 bits per heavy atom. The molecule has 0 radical (unpaired) electrons. The fourth-order valence-electron chi connectivity index (χ4n) is 6.31. The van der Waals surface area contributed by atoms with E-state index in [2.05, 4.69) is 46.4 Å². The number of aromatic nitrogens is 3. The van der Waals surface area contributed by atoms with E-state index >= 15 is 0 Å². The van der Waals surface area contributed by atoms with Gasteiger partial charge in [0, 0.05) is 39.9 Å². The molecule has 0 bridgehead atoms. The van der Waals surface area contributed by atoms with Crippen molar-refractivity contribution in [3.8, 4) is 34.4 Å². The number of nitro groups is 2. The number of nitrogen functional groups attached to an aromatic ring is 1. The number of hydrogen-bond acceptors (Lipinski definition) is 13. The van der Waals surface area contributed by atoms with Crippen LogP contribution in [0.5, 0.6) is 0 Å². The number of nitro benzene ring substituents is 2. The van der Waals surface area contributed by atoms with Gasteiger partial charge in [-0.25, -0.2) is 15.0 Å². The first-order valence-electron chi connectivity index (χ1n) is 19.7. The maximum atomic E-state index is 13.2. The van der Waals surface area contributed by atoms with Crippen molar-refractivity contribution in [1.82, 2.24) is 15.0 Å². The van der Waals surface area contributed by atoms with Crippen LogP contribution in [-0.4, -0.2) is 35.9 Å². The lowest BCUT2D eigenvalue weighted by atomic mass is 10.1. The van der Waals surface area contributed by atoms with Gasteiger partial charge >= 0.3 is 5.69 Å². The van der Waals surface area contributed by atoms with Gasteiger partial charge in [0.2, 0.25) is 23.5 Å². The molecule has 3 heterocycles. The molecule has 0 atom stereocenters. The summed E-state index contributed by atoms with van der Waals surface area (Å²) in [6, 6.07) is 36.5. The molecular formula is C47H43FN8O7. The summed E-state index contributed by atoms with van der Waals surface area (Å²) in [4.78, 5) is 34.0. The molecule has 0 spiro atoms. The zero-order chi connectivity index (χ0) is 45.1. The van der Waals surface area contributed by atoms with Crippen molar-refractivity contribution in [2.75, 3.05) is 16.4 Å². The van der Waals surface area contributed by atoms with Gasteiger partial charge in [0.1, 0.15) is 22.2 Å². The summed E-state index contributed by atoms with van der Waals surface area (Å²) in [5.41, 5.74) is 13.3. The Hall–Kier alpha value is -8.14. The van der Waals surface area contributed by atoms with Crippen molar-refractivity contribution in [3.05, 3.63) is 153 Å². The monoisotopic (exact) mass is 850 g/mol. The standard InChI is InChI=1S/C17H17N3O3.C17H19N3O.C13H7FN2O3/c1-17(2,3)19-12-9-8-11(10-14(12)20(21)22)16-18-13-6-4-5-7-15(13)23-16;1-17(2,3)20-13-9-8-11(10-12(13)18)16-19-14-6-4-5-7-15(14)21-16;14-9-6-5-8(7-11(9)16(17)18)13-15-10-3-1-2-4-12(10)19-13/h4-10,19H,1-3H3;4-10,20H,18H2,1-3H3;1-7H. The first-order chi connectivity index (χ1) is 29.9. The van der Waals surface area contributed by atoms with E-state index in [9.17, 15) is 24.6 Å². The lowest BCUT2D eigenvalue weighted by molar-refractivity contribution is -0.387. The Morgan fingerprint density at radius 2 is 0.889 bits per heavy atom. The van der Waals surface area contributed by atoms with E-state index < -0.39 is 21.4 Å². The summed E-state index contributed by atoms with van der Waals surface area (Å²) in [5.74, 6) is 0.302. The molecule has 9 aromatic rings. The Bertz CT molecular complexity index is 3010. The number of fused-ring (bicyclic) bond motifs is 3.